The summed E-state index contributed by atoms with van der Waals surface area (Å²) in [5.41, 5.74) is 1.20. The third kappa shape index (κ3) is 3.04. The van der Waals surface area contributed by atoms with E-state index in [1.54, 1.807) is 18.2 Å². The summed E-state index contributed by atoms with van der Waals surface area (Å²) in [4.78, 5) is 20.3. The molecule has 4 nitrogen and oxygen atoms in total. The topological polar surface area (TPSA) is 50.2 Å². The molecule has 0 saturated heterocycles. The van der Waals surface area contributed by atoms with Crippen LogP contribution in [0.2, 0.25) is 0 Å². The fraction of sp³-hybridized carbons (Fsp3) is 0.176. The van der Waals surface area contributed by atoms with Crippen molar-refractivity contribution in [2.75, 3.05) is 7.05 Å². The number of nitrogens with one attached hydrogen (secondary N) is 2. The van der Waals surface area contributed by atoms with Crippen LogP contribution in [-0.4, -0.2) is 17.0 Å². The maximum Gasteiger partial charge on any atom is 0.258 e. The number of benzene rings is 2. The van der Waals surface area contributed by atoms with Crippen LogP contribution in [0.1, 0.15) is 11.4 Å². The first-order valence-corrected chi connectivity index (χ1v) is 7.16. The Morgan fingerprint density at radius 3 is 2.64 bits per heavy atom. The number of hydrogen-bond acceptors (Lipinski definition) is 2. The Labute approximate surface area is 127 Å². The minimum absolute atomic E-state index is 0.140. The largest absolute Gasteiger partial charge is 0.327 e. The minimum Gasteiger partial charge on any atom is -0.327 e. The highest BCUT2D eigenvalue weighted by Crippen LogP contribution is 2.06. The van der Waals surface area contributed by atoms with Crippen molar-refractivity contribution in [2.45, 2.75) is 13.1 Å². The number of halogens is 1. The number of fused-ring (bicyclic) bond motifs is 1. The average Bonchev–Trinajstić information content (AvgIpc) is 2.49. The number of H-pyrrole nitrogens is 1. The van der Waals surface area contributed by atoms with E-state index in [0.717, 1.165) is 4.90 Å². The molecule has 1 heterocycles. The van der Waals surface area contributed by atoms with E-state index < -0.39 is 0 Å². The smallest absolute Gasteiger partial charge is 0.258 e. The second-order valence-corrected chi connectivity index (χ2v) is 5.43. The van der Waals surface area contributed by atoms with Gasteiger partial charge in [0.05, 0.1) is 18.0 Å². The molecule has 3 aromatic rings. The third-order valence-electron chi connectivity index (χ3n) is 3.58. The highest BCUT2D eigenvalue weighted by molar-refractivity contribution is 5.77. The molecule has 22 heavy (non-hydrogen) atoms. The molecule has 0 bridgehead atoms. The molecule has 0 spiro atoms. The van der Waals surface area contributed by atoms with Crippen LogP contribution in [0.4, 0.5) is 4.39 Å². The maximum absolute atomic E-state index is 13.7. The summed E-state index contributed by atoms with van der Waals surface area (Å²) in [5.74, 6) is 0.402. The molecule has 1 aromatic heterocycles. The Morgan fingerprint density at radius 2 is 1.82 bits per heavy atom. The number of aromatic nitrogens is 2. The first-order valence-electron chi connectivity index (χ1n) is 7.16. The van der Waals surface area contributed by atoms with E-state index in [2.05, 4.69) is 9.97 Å². The molecule has 5 heteroatoms. The van der Waals surface area contributed by atoms with Crippen LogP contribution < -0.4 is 10.5 Å². The second-order valence-electron chi connectivity index (χ2n) is 5.43. The molecule has 0 aliphatic heterocycles. The van der Waals surface area contributed by atoms with Crippen LogP contribution >= 0.6 is 0 Å². The second kappa shape index (κ2) is 6.07. The van der Waals surface area contributed by atoms with E-state index in [1.165, 1.54) is 6.07 Å². The average molecular weight is 298 g/mol. The van der Waals surface area contributed by atoms with E-state index >= 15 is 0 Å². The van der Waals surface area contributed by atoms with Crippen molar-refractivity contribution in [1.29, 1.82) is 0 Å². The van der Waals surface area contributed by atoms with Gasteiger partial charge in [-0.1, -0.05) is 30.3 Å². The van der Waals surface area contributed by atoms with Crippen LogP contribution in [0, 0.1) is 5.82 Å². The van der Waals surface area contributed by atoms with Crippen molar-refractivity contribution in [3.8, 4) is 0 Å². The van der Waals surface area contributed by atoms with Crippen molar-refractivity contribution >= 4 is 10.9 Å². The molecule has 0 amide bonds. The number of aromatic amines is 1. The lowest BCUT2D eigenvalue weighted by Crippen LogP contribution is -3.06. The first-order chi connectivity index (χ1) is 10.6. The summed E-state index contributed by atoms with van der Waals surface area (Å²) in [6, 6.07) is 14.0. The summed E-state index contributed by atoms with van der Waals surface area (Å²) in [7, 11) is 1.95. The lowest BCUT2D eigenvalue weighted by molar-refractivity contribution is -0.908. The molecule has 3 rings (SSSR count). The van der Waals surface area contributed by atoms with Gasteiger partial charge >= 0.3 is 0 Å². The first kappa shape index (κ1) is 14.4. The van der Waals surface area contributed by atoms with Gasteiger partial charge in [-0.25, -0.2) is 9.37 Å². The summed E-state index contributed by atoms with van der Waals surface area (Å²) in [5, 5.41) is 0.581. The van der Waals surface area contributed by atoms with E-state index in [4.69, 9.17) is 0 Å². The van der Waals surface area contributed by atoms with Gasteiger partial charge in [0.15, 0.2) is 5.82 Å². The van der Waals surface area contributed by atoms with E-state index in [9.17, 15) is 9.18 Å². The zero-order chi connectivity index (χ0) is 15.5. The summed E-state index contributed by atoms with van der Waals surface area (Å²) >= 11 is 0. The van der Waals surface area contributed by atoms with Crippen LogP contribution in [0.15, 0.2) is 53.3 Å². The molecule has 112 valence electrons. The normalized spacial score (nSPS) is 12.5. The highest BCUT2D eigenvalue weighted by atomic mass is 19.1. The number of quaternary nitrogens is 1. The SMILES string of the molecule is C[NH+](Cc1nc2ccccc2c(=O)[nH]1)Cc1ccccc1F. The van der Waals surface area contributed by atoms with Crippen molar-refractivity contribution in [1.82, 2.24) is 9.97 Å². The predicted octanol–water partition coefficient (Wildman–Crippen LogP) is 1.28. The molecule has 1 unspecified atom stereocenters. The number of hydrogen-bond donors (Lipinski definition) is 2. The van der Waals surface area contributed by atoms with Crippen LogP contribution in [0.25, 0.3) is 10.9 Å². The molecule has 1 atom stereocenters. The summed E-state index contributed by atoms with van der Waals surface area (Å²) in [6.07, 6.45) is 0. The molecule has 0 aliphatic rings. The van der Waals surface area contributed by atoms with E-state index in [0.29, 0.717) is 35.4 Å². The lowest BCUT2D eigenvalue weighted by atomic mass is 10.2. The Kier molecular flexibility index (Phi) is 3.98. The van der Waals surface area contributed by atoms with Gasteiger partial charge in [0.2, 0.25) is 0 Å². The molecule has 2 aromatic carbocycles. The minimum atomic E-state index is -0.207. The summed E-state index contributed by atoms with van der Waals surface area (Å²) < 4.78 is 13.7. The van der Waals surface area contributed by atoms with Gasteiger partial charge in [0.25, 0.3) is 5.56 Å². The summed E-state index contributed by atoms with van der Waals surface area (Å²) in [6.45, 7) is 1.05. The fourth-order valence-electron chi connectivity index (χ4n) is 2.53. The van der Waals surface area contributed by atoms with Crippen molar-refractivity contribution in [3.63, 3.8) is 0 Å². The number of nitrogens with zero attached hydrogens (tertiary/aromatic N) is 1. The van der Waals surface area contributed by atoms with Gasteiger partial charge in [-0.15, -0.1) is 0 Å². The molecular formula is C17H17FN3O+. The third-order valence-corrected chi connectivity index (χ3v) is 3.58. The van der Waals surface area contributed by atoms with Crippen molar-refractivity contribution < 1.29 is 9.29 Å². The Bertz CT molecular complexity index is 860. The van der Waals surface area contributed by atoms with Crippen LogP contribution in [0.3, 0.4) is 0 Å². The van der Waals surface area contributed by atoms with Gasteiger partial charge in [-0.3, -0.25) is 4.79 Å². The molecule has 0 fully saturated rings. The van der Waals surface area contributed by atoms with E-state index in [1.807, 2.05) is 31.3 Å². The number of rotatable bonds is 4. The zero-order valence-corrected chi connectivity index (χ0v) is 12.3. The molecular weight excluding hydrogens is 281 g/mol. The quantitative estimate of drug-likeness (QED) is 0.762. The Morgan fingerprint density at radius 1 is 1.09 bits per heavy atom. The van der Waals surface area contributed by atoms with Crippen molar-refractivity contribution in [3.05, 3.63) is 76.1 Å². The molecule has 0 saturated carbocycles. The number of para-hydroxylation sites is 1. The predicted molar refractivity (Wildman–Crippen MR) is 83.1 cm³/mol. The van der Waals surface area contributed by atoms with Gasteiger partial charge in [0.1, 0.15) is 18.9 Å². The zero-order valence-electron chi connectivity index (χ0n) is 12.3. The Hall–Kier alpha value is -2.53. The molecule has 0 radical (unpaired) electrons. The van der Waals surface area contributed by atoms with E-state index in [-0.39, 0.29) is 11.4 Å². The van der Waals surface area contributed by atoms with Gasteiger partial charge < -0.3 is 9.88 Å². The fourth-order valence-corrected chi connectivity index (χ4v) is 2.53. The van der Waals surface area contributed by atoms with Gasteiger partial charge in [-0.2, -0.15) is 0 Å². The standard InChI is InChI=1S/C17H16FN3O/c1-21(10-12-6-2-4-8-14(12)18)11-16-19-15-9-5-3-7-13(15)17(22)20-16/h2-9H,10-11H2,1H3,(H,19,20,22)/p+1. The molecule has 0 aliphatic carbocycles. The molecule has 2 N–H and O–H groups in total. The van der Waals surface area contributed by atoms with Crippen molar-refractivity contribution in [2.24, 2.45) is 0 Å². The Balaban J connectivity index is 1.81. The van der Waals surface area contributed by atoms with Crippen LogP contribution in [0.5, 0.6) is 0 Å². The monoisotopic (exact) mass is 298 g/mol. The van der Waals surface area contributed by atoms with Crippen LogP contribution in [-0.2, 0) is 13.1 Å². The highest BCUT2D eigenvalue weighted by Gasteiger charge is 2.11. The van der Waals surface area contributed by atoms with Gasteiger partial charge in [-0.05, 0) is 18.2 Å². The van der Waals surface area contributed by atoms with Gasteiger partial charge in [0, 0.05) is 5.56 Å². The lowest BCUT2D eigenvalue weighted by Gasteiger charge is -2.14. The maximum atomic E-state index is 13.7.